The standard InChI is InChI=1S/C14H20N2O.C7H6/c1-2-14(17)16-10-8-15(9-11-16)12-13-6-4-3-5-7-13;1-2-4-6-7-5-3-1/h3-7H,2,8-12H2,1H3;1-4H,5H2. The Hall–Kier alpha value is -2.31. The number of carbonyl (C=O) groups excluding carboxylic acids is 1. The highest BCUT2D eigenvalue weighted by Crippen LogP contribution is 2.08. The molecular formula is C21H26N2O. The summed E-state index contributed by atoms with van der Waals surface area (Å²) in [5.41, 5.74) is 1.35. The minimum absolute atomic E-state index is 0.282. The van der Waals surface area contributed by atoms with Gasteiger partial charge in [-0.05, 0) is 11.6 Å². The van der Waals surface area contributed by atoms with Gasteiger partial charge < -0.3 is 4.90 Å². The van der Waals surface area contributed by atoms with Gasteiger partial charge in [-0.3, -0.25) is 9.69 Å². The summed E-state index contributed by atoms with van der Waals surface area (Å²) in [7, 11) is 0. The highest BCUT2D eigenvalue weighted by atomic mass is 16.2. The minimum Gasteiger partial charge on any atom is -0.340 e. The number of amides is 1. The highest BCUT2D eigenvalue weighted by Gasteiger charge is 2.19. The zero-order chi connectivity index (χ0) is 17.0. The Morgan fingerprint density at radius 3 is 2.54 bits per heavy atom. The Morgan fingerprint density at radius 2 is 1.83 bits per heavy atom. The molecule has 0 radical (unpaired) electrons. The summed E-state index contributed by atoms with van der Waals surface area (Å²) in [5.74, 6) is 6.06. The van der Waals surface area contributed by atoms with Gasteiger partial charge in [0.1, 0.15) is 0 Å². The van der Waals surface area contributed by atoms with Crippen LogP contribution in [-0.2, 0) is 11.3 Å². The van der Waals surface area contributed by atoms with Gasteiger partial charge in [0.2, 0.25) is 5.91 Å². The molecule has 0 spiro atoms. The van der Waals surface area contributed by atoms with Gasteiger partial charge in [0.05, 0.1) is 0 Å². The van der Waals surface area contributed by atoms with Gasteiger partial charge in [-0.25, -0.2) is 0 Å². The van der Waals surface area contributed by atoms with Crippen molar-refractivity contribution in [2.24, 2.45) is 0 Å². The number of hydrogen-bond acceptors (Lipinski definition) is 2. The third-order valence-electron chi connectivity index (χ3n) is 4.03. The van der Waals surface area contributed by atoms with Crippen LogP contribution in [0.4, 0.5) is 0 Å². The molecule has 0 bridgehead atoms. The first kappa shape index (κ1) is 18.0. The van der Waals surface area contributed by atoms with E-state index >= 15 is 0 Å². The number of hydrogen-bond donors (Lipinski definition) is 0. The van der Waals surface area contributed by atoms with Crippen molar-refractivity contribution in [3.8, 4) is 11.8 Å². The molecule has 1 aromatic carbocycles. The molecule has 0 saturated carbocycles. The Kier molecular flexibility index (Phi) is 7.86. The minimum atomic E-state index is 0.282. The van der Waals surface area contributed by atoms with Crippen LogP contribution in [0.5, 0.6) is 0 Å². The first-order valence-electron chi connectivity index (χ1n) is 8.63. The number of nitrogens with zero attached hydrogens (tertiary/aromatic N) is 2. The fourth-order valence-electron chi connectivity index (χ4n) is 2.65. The van der Waals surface area contributed by atoms with Crippen LogP contribution in [0.15, 0.2) is 54.6 Å². The Morgan fingerprint density at radius 1 is 1.08 bits per heavy atom. The fraction of sp³-hybridized carbons (Fsp3) is 0.381. The van der Waals surface area contributed by atoms with Crippen LogP contribution in [0.3, 0.4) is 0 Å². The van der Waals surface area contributed by atoms with Crippen LogP contribution in [0.1, 0.15) is 25.3 Å². The van der Waals surface area contributed by atoms with Crippen LogP contribution < -0.4 is 0 Å². The maximum Gasteiger partial charge on any atom is 0.222 e. The Bertz CT molecular complexity index is 614. The van der Waals surface area contributed by atoms with E-state index in [2.05, 4.69) is 41.0 Å². The van der Waals surface area contributed by atoms with Gasteiger partial charge in [-0.15, -0.1) is 0 Å². The summed E-state index contributed by atoms with van der Waals surface area (Å²) in [6.07, 6.45) is 9.35. The van der Waals surface area contributed by atoms with Gasteiger partial charge in [-0.2, -0.15) is 0 Å². The predicted octanol–water partition coefficient (Wildman–Crippen LogP) is 3.25. The number of rotatable bonds is 3. The van der Waals surface area contributed by atoms with Crippen LogP contribution in [0, 0.1) is 11.8 Å². The lowest BCUT2D eigenvalue weighted by molar-refractivity contribution is -0.132. The van der Waals surface area contributed by atoms with E-state index in [-0.39, 0.29) is 5.91 Å². The van der Waals surface area contributed by atoms with E-state index in [4.69, 9.17) is 0 Å². The summed E-state index contributed by atoms with van der Waals surface area (Å²) >= 11 is 0. The zero-order valence-electron chi connectivity index (χ0n) is 14.4. The molecule has 0 aromatic heterocycles. The molecule has 1 aromatic rings. The SMILES string of the molecule is C1#CCC=CC=C1.CCC(=O)N1CCN(Cc2ccccc2)CC1. The van der Waals surface area contributed by atoms with E-state index in [0.717, 1.165) is 39.1 Å². The van der Waals surface area contributed by atoms with E-state index in [0.29, 0.717) is 6.42 Å². The smallest absolute Gasteiger partial charge is 0.222 e. The normalized spacial score (nSPS) is 16.5. The molecule has 1 aliphatic carbocycles. The number of piperazine rings is 1. The van der Waals surface area contributed by atoms with E-state index in [1.807, 2.05) is 42.2 Å². The van der Waals surface area contributed by atoms with Crippen molar-refractivity contribution in [1.29, 1.82) is 0 Å². The number of allylic oxidation sites excluding steroid dienone is 4. The van der Waals surface area contributed by atoms with Gasteiger partial charge >= 0.3 is 0 Å². The van der Waals surface area contributed by atoms with Crippen molar-refractivity contribution >= 4 is 5.91 Å². The molecule has 3 rings (SSSR count). The Balaban J connectivity index is 0.000000249. The Labute approximate surface area is 145 Å². The van der Waals surface area contributed by atoms with Gasteiger partial charge in [0, 0.05) is 45.6 Å². The molecule has 3 heteroatoms. The molecule has 126 valence electrons. The zero-order valence-corrected chi connectivity index (χ0v) is 14.4. The second-order valence-electron chi connectivity index (χ2n) is 5.81. The molecule has 1 amide bonds. The molecule has 3 nitrogen and oxygen atoms in total. The number of benzene rings is 1. The summed E-state index contributed by atoms with van der Waals surface area (Å²) < 4.78 is 0. The van der Waals surface area contributed by atoms with E-state index in [9.17, 15) is 4.79 Å². The maximum absolute atomic E-state index is 11.5. The van der Waals surface area contributed by atoms with Crippen LogP contribution in [0.2, 0.25) is 0 Å². The predicted molar refractivity (Wildman–Crippen MR) is 99.3 cm³/mol. The second-order valence-corrected chi connectivity index (χ2v) is 5.81. The third kappa shape index (κ3) is 6.44. The molecule has 1 fully saturated rings. The van der Waals surface area contributed by atoms with Crippen molar-refractivity contribution in [1.82, 2.24) is 9.80 Å². The number of carbonyl (C=O) groups is 1. The summed E-state index contributed by atoms with van der Waals surface area (Å²) in [6.45, 7) is 6.65. The summed E-state index contributed by atoms with van der Waals surface area (Å²) in [5, 5.41) is 0. The summed E-state index contributed by atoms with van der Waals surface area (Å²) in [6, 6.07) is 10.5. The van der Waals surface area contributed by atoms with Crippen LogP contribution in [-0.4, -0.2) is 41.9 Å². The third-order valence-corrected chi connectivity index (χ3v) is 4.03. The molecule has 2 aliphatic rings. The average Bonchev–Trinajstić information content (AvgIpc) is 2.96. The fourth-order valence-corrected chi connectivity index (χ4v) is 2.65. The quantitative estimate of drug-likeness (QED) is 0.798. The largest absolute Gasteiger partial charge is 0.340 e. The van der Waals surface area contributed by atoms with E-state index in [1.54, 1.807) is 0 Å². The second kappa shape index (κ2) is 10.5. The molecule has 0 atom stereocenters. The van der Waals surface area contributed by atoms with Crippen LogP contribution in [0.25, 0.3) is 0 Å². The lowest BCUT2D eigenvalue weighted by Crippen LogP contribution is -2.48. The molecular weight excluding hydrogens is 296 g/mol. The molecule has 0 N–H and O–H groups in total. The molecule has 0 unspecified atom stereocenters. The van der Waals surface area contributed by atoms with Crippen molar-refractivity contribution in [2.45, 2.75) is 26.3 Å². The van der Waals surface area contributed by atoms with E-state index in [1.165, 1.54) is 5.56 Å². The van der Waals surface area contributed by atoms with Crippen LogP contribution >= 0.6 is 0 Å². The highest BCUT2D eigenvalue weighted by molar-refractivity contribution is 5.75. The van der Waals surface area contributed by atoms with Crippen molar-refractivity contribution in [3.05, 3.63) is 60.2 Å². The monoisotopic (exact) mass is 322 g/mol. The lowest BCUT2D eigenvalue weighted by atomic mass is 10.2. The van der Waals surface area contributed by atoms with Gasteiger partial charge in [-0.1, -0.05) is 67.3 Å². The molecule has 1 heterocycles. The lowest BCUT2D eigenvalue weighted by Gasteiger charge is -2.34. The van der Waals surface area contributed by atoms with Crippen molar-refractivity contribution in [2.75, 3.05) is 26.2 Å². The first-order valence-corrected chi connectivity index (χ1v) is 8.63. The molecule has 1 aliphatic heterocycles. The molecule has 1 saturated heterocycles. The summed E-state index contributed by atoms with van der Waals surface area (Å²) in [4.78, 5) is 15.9. The average molecular weight is 322 g/mol. The van der Waals surface area contributed by atoms with Gasteiger partial charge in [0.15, 0.2) is 0 Å². The van der Waals surface area contributed by atoms with E-state index < -0.39 is 0 Å². The topological polar surface area (TPSA) is 23.6 Å². The van der Waals surface area contributed by atoms with Gasteiger partial charge in [0.25, 0.3) is 0 Å². The van der Waals surface area contributed by atoms with Crippen molar-refractivity contribution in [3.63, 3.8) is 0 Å². The van der Waals surface area contributed by atoms with Crippen molar-refractivity contribution < 1.29 is 4.79 Å². The molecule has 24 heavy (non-hydrogen) atoms. The first-order chi connectivity index (χ1) is 11.8. The maximum atomic E-state index is 11.5.